The Morgan fingerprint density at radius 3 is 1.89 bits per heavy atom. The summed E-state index contributed by atoms with van der Waals surface area (Å²) in [7, 11) is 1.80. The SMILES string of the molecule is COCCCCCCCCc1cc2c(s1)-c1ccc3c4c(ccc-2c14)-c1sc(-c2ccc(C)cc2)cc1-3. The normalized spacial score (nSPS) is 12.5. The molecule has 0 N–H and O–H groups in total. The van der Waals surface area contributed by atoms with Gasteiger partial charge in [0.1, 0.15) is 0 Å². The van der Waals surface area contributed by atoms with Crippen LogP contribution < -0.4 is 0 Å². The molecule has 0 saturated carbocycles. The van der Waals surface area contributed by atoms with E-state index >= 15 is 0 Å². The van der Waals surface area contributed by atoms with Gasteiger partial charge in [-0.15, -0.1) is 22.7 Å². The molecule has 0 radical (unpaired) electrons. The average Bonchev–Trinajstić information content (AvgIpc) is 3.65. The number of fused-ring (bicyclic) bond motifs is 6. The summed E-state index contributed by atoms with van der Waals surface area (Å²) in [5.74, 6) is 0. The topological polar surface area (TPSA) is 9.23 Å². The lowest BCUT2D eigenvalue weighted by atomic mass is 9.97. The van der Waals surface area contributed by atoms with E-state index in [1.807, 2.05) is 22.7 Å². The van der Waals surface area contributed by atoms with Crippen LogP contribution in [0.5, 0.6) is 0 Å². The summed E-state index contributed by atoms with van der Waals surface area (Å²) in [6.45, 7) is 3.06. The number of aryl methyl sites for hydroxylation is 2. The van der Waals surface area contributed by atoms with E-state index in [1.54, 1.807) is 12.0 Å². The highest BCUT2D eigenvalue weighted by Gasteiger charge is 2.31. The van der Waals surface area contributed by atoms with Crippen molar-refractivity contribution in [1.29, 1.82) is 0 Å². The first-order valence-electron chi connectivity index (χ1n) is 13.7. The van der Waals surface area contributed by atoms with Gasteiger partial charge in [0.2, 0.25) is 0 Å². The van der Waals surface area contributed by atoms with Gasteiger partial charge in [0.05, 0.1) is 0 Å². The van der Waals surface area contributed by atoms with E-state index < -0.39 is 0 Å². The Hall–Kier alpha value is -2.72. The van der Waals surface area contributed by atoms with E-state index in [4.69, 9.17) is 4.74 Å². The van der Waals surface area contributed by atoms with Gasteiger partial charge in [-0.2, -0.15) is 0 Å². The van der Waals surface area contributed by atoms with Gasteiger partial charge >= 0.3 is 0 Å². The Balaban J connectivity index is 1.13. The maximum atomic E-state index is 5.16. The van der Waals surface area contributed by atoms with Crippen LogP contribution in [0.2, 0.25) is 0 Å². The molecule has 2 aromatic heterocycles. The Kier molecular flexibility index (Phi) is 6.04. The molecule has 5 aromatic rings. The van der Waals surface area contributed by atoms with E-state index in [1.165, 1.54) is 115 Å². The second-order valence-electron chi connectivity index (χ2n) is 10.6. The van der Waals surface area contributed by atoms with E-state index in [-0.39, 0.29) is 0 Å². The summed E-state index contributed by atoms with van der Waals surface area (Å²) in [4.78, 5) is 5.84. The summed E-state index contributed by atoms with van der Waals surface area (Å²) < 4.78 is 5.16. The molecular formula is C34H32OS2. The zero-order valence-electron chi connectivity index (χ0n) is 21.7. The van der Waals surface area contributed by atoms with E-state index in [2.05, 4.69) is 67.6 Å². The van der Waals surface area contributed by atoms with Crippen LogP contribution in [0, 0.1) is 6.92 Å². The Bertz CT molecular complexity index is 1530. The van der Waals surface area contributed by atoms with E-state index in [0.29, 0.717) is 0 Å². The number of unbranched alkanes of at least 4 members (excludes halogenated alkanes) is 5. The van der Waals surface area contributed by atoms with Gasteiger partial charge in [0, 0.05) is 55.5 Å². The third-order valence-electron chi connectivity index (χ3n) is 8.10. The predicted octanol–water partition coefficient (Wildman–Crippen LogP) is 10.8. The lowest BCUT2D eigenvalue weighted by Gasteiger charge is -2.07. The van der Waals surface area contributed by atoms with Gasteiger partial charge in [-0.3, -0.25) is 0 Å². The molecule has 37 heavy (non-hydrogen) atoms. The molecule has 3 heteroatoms. The van der Waals surface area contributed by atoms with Gasteiger partial charge in [-0.1, -0.05) is 79.8 Å². The number of thiophene rings is 2. The van der Waals surface area contributed by atoms with E-state index in [0.717, 1.165) is 6.61 Å². The van der Waals surface area contributed by atoms with Crippen LogP contribution in [-0.2, 0) is 11.2 Å². The summed E-state index contributed by atoms with van der Waals surface area (Å²) in [6, 6.07) is 23.4. The highest BCUT2D eigenvalue weighted by molar-refractivity contribution is 7.19. The highest BCUT2D eigenvalue weighted by Crippen LogP contribution is 2.59. The molecule has 1 nitrogen and oxygen atoms in total. The summed E-state index contributed by atoms with van der Waals surface area (Å²) in [5.41, 5.74) is 11.3. The second-order valence-corrected chi connectivity index (χ2v) is 12.8. The van der Waals surface area contributed by atoms with Crippen LogP contribution in [0.15, 0.2) is 60.7 Å². The van der Waals surface area contributed by atoms with Crippen LogP contribution in [0.3, 0.4) is 0 Å². The standard InChI is InChI=1S/C34H32OS2/c1-21-10-12-22(13-11-21)30-20-29-25-15-16-26-31-24(14-17-27(32(25)31)34(29)37-30)28-19-23(36-33(26)28)9-7-5-3-4-6-8-18-35-2/h10-17,19-20H,3-9,18H2,1-2H3. The quantitative estimate of drug-likeness (QED) is 0.163. The van der Waals surface area contributed by atoms with Crippen molar-refractivity contribution in [3.8, 4) is 53.6 Å². The third kappa shape index (κ3) is 3.91. The molecule has 0 aliphatic heterocycles. The first kappa shape index (κ1) is 23.4. The van der Waals surface area contributed by atoms with E-state index in [9.17, 15) is 0 Å². The monoisotopic (exact) mass is 520 g/mol. The number of rotatable bonds is 10. The lowest BCUT2D eigenvalue weighted by Crippen LogP contribution is -1.88. The van der Waals surface area contributed by atoms with Gasteiger partial charge < -0.3 is 4.74 Å². The zero-order valence-corrected chi connectivity index (χ0v) is 23.3. The molecule has 0 spiro atoms. The minimum absolute atomic E-state index is 0.903. The molecule has 0 fully saturated rings. The first-order valence-corrected chi connectivity index (χ1v) is 15.3. The second kappa shape index (κ2) is 9.54. The van der Waals surface area contributed by atoms with Crippen LogP contribution in [0.25, 0.3) is 64.3 Å². The van der Waals surface area contributed by atoms with Gasteiger partial charge in [0.25, 0.3) is 0 Å². The van der Waals surface area contributed by atoms with Gasteiger partial charge in [0.15, 0.2) is 0 Å². The summed E-state index contributed by atoms with van der Waals surface area (Å²) >= 11 is 3.98. The van der Waals surface area contributed by atoms with Crippen LogP contribution >= 0.6 is 22.7 Å². The van der Waals surface area contributed by atoms with Crippen molar-refractivity contribution in [3.63, 3.8) is 0 Å². The average molecular weight is 521 g/mol. The molecule has 0 amide bonds. The lowest BCUT2D eigenvalue weighted by molar-refractivity contribution is 0.192. The van der Waals surface area contributed by atoms with Crippen LogP contribution in [-0.4, -0.2) is 13.7 Å². The number of methoxy groups -OCH3 is 1. The van der Waals surface area contributed by atoms with Crippen LogP contribution in [0.4, 0.5) is 0 Å². The number of hydrogen-bond acceptors (Lipinski definition) is 3. The first-order chi connectivity index (χ1) is 18.2. The highest BCUT2D eigenvalue weighted by atomic mass is 32.1. The predicted molar refractivity (Wildman–Crippen MR) is 162 cm³/mol. The van der Waals surface area contributed by atoms with Crippen molar-refractivity contribution >= 4 is 33.4 Å². The maximum Gasteiger partial charge on any atom is 0.0462 e. The number of benzene rings is 3. The molecule has 0 atom stereocenters. The van der Waals surface area contributed by atoms with Crippen molar-refractivity contribution in [2.45, 2.75) is 51.9 Å². The molecule has 0 saturated heterocycles. The summed E-state index contributed by atoms with van der Waals surface area (Å²) in [5, 5.41) is 2.96. The molecule has 3 aromatic carbocycles. The number of hydrogen-bond donors (Lipinski definition) is 0. The third-order valence-corrected chi connectivity index (χ3v) is 10.5. The fourth-order valence-electron chi connectivity index (χ4n) is 6.19. The Morgan fingerprint density at radius 2 is 1.19 bits per heavy atom. The molecule has 2 aliphatic rings. The van der Waals surface area contributed by atoms with Crippen molar-refractivity contribution in [2.75, 3.05) is 13.7 Å². The molecule has 2 aliphatic carbocycles. The zero-order chi connectivity index (χ0) is 24.9. The van der Waals surface area contributed by atoms with Crippen LogP contribution in [0.1, 0.15) is 49.0 Å². The maximum absolute atomic E-state index is 5.16. The Morgan fingerprint density at radius 1 is 0.595 bits per heavy atom. The van der Waals surface area contributed by atoms with Crippen molar-refractivity contribution in [2.24, 2.45) is 0 Å². The fourth-order valence-corrected chi connectivity index (χ4v) is 8.65. The molecule has 186 valence electrons. The molecule has 0 bridgehead atoms. The minimum Gasteiger partial charge on any atom is -0.385 e. The minimum atomic E-state index is 0.903. The number of ether oxygens (including phenoxy) is 1. The summed E-state index contributed by atoms with van der Waals surface area (Å²) in [6.07, 6.45) is 9.02. The fraction of sp³-hybridized carbons (Fsp3) is 0.294. The largest absolute Gasteiger partial charge is 0.385 e. The van der Waals surface area contributed by atoms with Crippen molar-refractivity contribution in [1.82, 2.24) is 0 Å². The van der Waals surface area contributed by atoms with Crippen molar-refractivity contribution in [3.05, 3.63) is 71.1 Å². The van der Waals surface area contributed by atoms with Gasteiger partial charge in [-0.05, 0) is 65.8 Å². The molecule has 7 rings (SSSR count). The van der Waals surface area contributed by atoms with Crippen molar-refractivity contribution < 1.29 is 4.74 Å². The smallest absolute Gasteiger partial charge is 0.0462 e. The molecule has 0 unspecified atom stereocenters. The molecule has 2 heterocycles. The van der Waals surface area contributed by atoms with Gasteiger partial charge in [-0.25, -0.2) is 0 Å². The molecular weight excluding hydrogens is 489 g/mol. The Labute approximate surface area is 227 Å².